The number of aromatic nitrogens is 2. The lowest BCUT2D eigenvalue weighted by molar-refractivity contribution is 0.477. The summed E-state index contributed by atoms with van der Waals surface area (Å²) in [5.41, 5.74) is 6.09. The van der Waals surface area contributed by atoms with Gasteiger partial charge in [0, 0.05) is 13.2 Å². The monoisotopic (exact) mass is 282 g/mol. The Kier molecular flexibility index (Phi) is 3.45. The van der Waals surface area contributed by atoms with E-state index in [1.54, 1.807) is 24.0 Å². The van der Waals surface area contributed by atoms with Gasteiger partial charge >= 0.3 is 0 Å². The van der Waals surface area contributed by atoms with Gasteiger partial charge in [-0.15, -0.1) is 0 Å². The van der Waals surface area contributed by atoms with Crippen LogP contribution < -0.4 is 10.5 Å². The van der Waals surface area contributed by atoms with E-state index in [1.807, 2.05) is 0 Å². The van der Waals surface area contributed by atoms with E-state index in [2.05, 4.69) is 9.82 Å². The predicted octanol–water partition coefficient (Wildman–Crippen LogP) is 0.186. The van der Waals surface area contributed by atoms with Crippen LogP contribution in [0.25, 0.3) is 0 Å². The Labute approximate surface area is 110 Å². The van der Waals surface area contributed by atoms with Crippen LogP contribution in [0.4, 0.5) is 5.69 Å². The number of aromatic hydroxyl groups is 1. The molecule has 0 aliphatic heterocycles. The van der Waals surface area contributed by atoms with Crippen LogP contribution in [0.1, 0.15) is 5.69 Å². The van der Waals surface area contributed by atoms with E-state index < -0.39 is 10.0 Å². The van der Waals surface area contributed by atoms with E-state index in [-0.39, 0.29) is 22.9 Å². The maximum absolute atomic E-state index is 12.0. The molecule has 0 atom stereocenters. The second kappa shape index (κ2) is 4.90. The van der Waals surface area contributed by atoms with Gasteiger partial charge < -0.3 is 10.8 Å². The summed E-state index contributed by atoms with van der Waals surface area (Å²) in [5, 5.41) is 13.3. The summed E-state index contributed by atoms with van der Waals surface area (Å²) in [6, 6.07) is 5.45. The number of nitrogens with two attached hydrogens (primary N) is 1. The fourth-order valence-corrected chi connectivity index (χ4v) is 2.54. The smallest absolute Gasteiger partial charge is 0.241 e. The van der Waals surface area contributed by atoms with E-state index >= 15 is 0 Å². The third-order valence-corrected chi connectivity index (χ3v) is 3.92. The summed E-state index contributed by atoms with van der Waals surface area (Å²) >= 11 is 0. The van der Waals surface area contributed by atoms with Gasteiger partial charge in [-0.3, -0.25) is 4.68 Å². The van der Waals surface area contributed by atoms with Crippen LogP contribution in [0.2, 0.25) is 0 Å². The molecule has 102 valence electrons. The molecule has 1 heterocycles. The number of nitrogens with one attached hydrogen (secondary N) is 1. The van der Waals surface area contributed by atoms with Gasteiger partial charge in [-0.1, -0.05) is 0 Å². The molecule has 0 radical (unpaired) electrons. The van der Waals surface area contributed by atoms with Gasteiger partial charge in [-0.05, 0) is 24.3 Å². The number of hydrogen-bond donors (Lipinski definition) is 3. The SMILES string of the molecule is Cn1ccc(CNS(=O)(=O)c2ccc(O)c(N)c2)n1. The molecule has 1 aromatic heterocycles. The van der Waals surface area contributed by atoms with Crippen LogP contribution >= 0.6 is 0 Å². The maximum Gasteiger partial charge on any atom is 0.241 e. The van der Waals surface area contributed by atoms with Gasteiger partial charge in [0.05, 0.1) is 22.8 Å². The lowest BCUT2D eigenvalue weighted by Gasteiger charge is -2.07. The van der Waals surface area contributed by atoms with Crippen molar-refractivity contribution in [3.05, 3.63) is 36.2 Å². The number of rotatable bonds is 4. The molecule has 0 fully saturated rings. The molecule has 4 N–H and O–H groups in total. The molecular formula is C11H14N4O3S. The fourth-order valence-electron chi connectivity index (χ4n) is 1.51. The van der Waals surface area contributed by atoms with Gasteiger partial charge in [-0.2, -0.15) is 5.10 Å². The molecule has 0 aliphatic rings. The molecule has 0 spiro atoms. The second-order valence-corrected chi connectivity index (χ2v) is 5.79. The minimum atomic E-state index is -3.68. The van der Waals surface area contributed by atoms with Crippen molar-refractivity contribution in [2.45, 2.75) is 11.4 Å². The summed E-state index contributed by atoms with van der Waals surface area (Å²) in [4.78, 5) is -0.00117. The average Bonchev–Trinajstić information content (AvgIpc) is 2.76. The topological polar surface area (TPSA) is 110 Å². The zero-order valence-electron chi connectivity index (χ0n) is 10.2. The third kappa shape index (κ3) is 3.04. The molecule has 8 heteroatoms. The van der Waals surface area contributed by atoms with Crippen molar-refractivity contribution in [1.29, 1.82) is 0 Å². The van der Waals surface area contributed by atoms with Crippen molar-refractivity contribution in [2.75, 3.05) is 5.73 Å². The third-order valence-electron chi connectivity index (χ3n) is 2.52. The highest BCUT2D eigenvalue weighted by Gasteiger charge is 2.15. The largest absolute Gasteiger partial charge is 0.506 e. The fraction of sp³-hybridized carbons (Fsp3) is 0.182. The highest BCUT2D eigenvalue weighted by Crippen LogP contribution is 2.23. The van der Waals surface area contributed by atoms with Crippen molar-refractivity contribution in [1.82, 2.24) is 14.5 Å². The number of nitrogen functional groups attached to an aromatic ring is 1. The number of aryl methyl sites for hydroxylation is 1. The van der Waals surface area contributed by atoms with Crippen molar-refractivity contribution in [2.24, 2.45) is 7.05 Å². The highest BCUT2D eigenvalue weighted by atomic mass is 32.2. The number of phenolic OH excluding ortho intramolecular Hbond substituents is 1. The van der Waals surface area contributed by atoms with Gasteiger partial charge in [0.15, 0.2) is 0 Å². The highest BCUT2D eigenvalue weighted by molar-refractivity contribution is 7.89. The Balaban J connectivity index is 2.16. The number of nitrogens with zero attached hydrogens (tertiary/aromatic N) is 2. The van der Waals surface area contributed by atoms with Crippen LogP contribution in [-0.2, 0) is 23.6 Å². The summed E-state index contributed by atoms with van der Waals surface area (Å²) in [6.45, 7) is 0.0873. The summed E-state index contributed by atoms with van der Waals surface area (Å²) in [6.07, 6.45) is 1.72. The molecule has 0 saturated heterocycles. The van der Waals surface area contributed by atoms with E-state index in [1.165, 1.54) is 18.2 Å². The molecule has 0 unspecified atom stereocenters. The molecule has 0 amide bonds. The lowest BCUT2D eigenvalue weighted by atomic mass is 10.3. The van der Waals surface area contributed by atoms with Crippen molar-refractivity contribution in [3.8, 4) is 5.75 Å². The number of benzene rings is 1. The Hall–Kier alpha value is -2.06. The van der Waals surface area contributed by atoms with Crippen molar-refractivity contribution >= 4 is 15.7 Å². The summed E-state index contributed by atoms with van der Waals surface area (Å²) in [5.74, 6) is -0.149. The van der Waals surface area contributed by atoms with Crippen LogP contribution in [0.3, 0.4) is 0 Å². The molecule has 2 aromatic rings. The minimum Gasteiger partial charge on any atom is -0.506 e. The second-order valence-electron chi connectivity index (χ2n) is 4.03. The Morgan fingerprint density at radius 3 is 2.74 bits per heavy atom. The van der Waals surface area contributed by atoms with E-state index in [9.17, 15) is 13.5 Å². The van der Waals surface area contributed by atoms with Crippen LogP contribution in [0.5, 0.6) is 5.75 Å². The normalized spacial score (nSPS) is 11.6. The Bertz CT molecular complexity index is 694. The summed E-state index contributed by atoms with van der Waals surface area (Å²) < 4.78 is 28.0. The molecule has 0 saturated carbocycles. The Morgan fingerprint density at radius 1 is 1.42 bits per heavy atom. The molecule has 7 nitrogen and oxygen atoms in total. The molecular weight excluding hydrogens is 268 g/mol. The van der Waals surface area contributed by atoms with Crippen molar-refractivity contribution < 1.29 is 13.5 Å². The first-order chi connectivity index (χ1) is 8.88. The van der Waals surface area contributed by atoms with E-state index in [0.717, 1.165) is 0 Å². The first-order valence-electron chi connectivity index (χ1n) is 5.45. The van der Waals surface area contributed by atoms with Gasteiger partial charge in [0.2, 0.25) is 10.0 Å². The number of anilines is 1. The predicted molar refractivity (Wildman–Crippen MR) is 69.8 cm³/mol. The lowest BCUT2D eigenvalue weighted by Crippen LogP contribution is -2.23. The van der Waals surface area contributed by atoms with E-state index in [0.29, 0.717) is 5.69 Å². The number of sulfonamides is 1. The van der Waals surface area contributed by atoms with Gasteiger partial charge in [0.25, 0.3) is 0 Å². The first-order valence-corrected chi connectivity index (χ1v) is 6.93. The molecule has 2 rings (SSSR count). The summed E-state index contributed by atoms with van der Waals surface area (Å²) in [7, 11) is -1.93. The first kappa shape index (κ1) is 13.4. The van der Waals surface area contributed by atoms with Crippen LogP contribution in [-0.4, -0.2) is 23.3 Å². The zero-order chi connectivity index (χ0) is 14.0. The quantitative estimate of drug-likeness (QED) is 0.547. The number of hydrogen-bond acceptors (Lipinski definition) is 5. The number of phenols is 1. The van der Waals surface area contributed by atoms with Gasteiger partial charge in [-0.25, -0.2) is 13.1 Å². The molecule has 19 heavy (non-hydrogen) atoms. The molecule has 0 aliphatic carbocycles. The van der Waals surface area contributed by atoms with Crippen LogP contribution in [0, 0.1) is 0 Å². The average molecular weight is 282 g/mol. The molecule has 0 bridgehead atoms. The van der Waals surface area contributed by atoms with Crippen LogP contribution in [0.15, 0.2) is 35.4 Å². The van der Waals surface area contributed by atoms with Gasteiger partial charge in [0.1, 0.15) is 5.75 Å². The molecule has 1 aromatic carbocycles. The minimum absolute atomic E-state index is 0.00117. The zero-order valence-corrected chi connectivity index (χ0v) is 11.1. The standard InChI is InChI=1S/C11H14N4O3S/c1-15-5-4-8(14-15)7-13-19(17,18)9-2-3-11(16)10(12)6-9/h2-6,13,16H,7,12H2,1H3. The maximum atomic E-state index is 12.0. The van der Waals surface area contributed by atoms with Crippen molar-refractivity contribution in [3.63, 3.8) is 0 Å². The Morgan fingerprint density at radius 2 is 2.16 bits per heavy atom. The van der Waals surface area contributed by atoms with E-state index in [4.69, 9.17) is 5.73 Å².